The van der Waals surface area contributed by atoms with Gasteiger partial charge in [0.25, 0.3) is 0 Å². The minimum atomic E-state index is -1.04. The van der Waals surface area contributed by atoms with Gasteiger partial charge >= 0.3 is 5.97 Å². The van der Waals surface area contributed by atoms with Crippen LogP contribution in [0.15, 0.2) is 12.3 Å². The van der Waals surface area contributed by atoms with E-state index in [-0.39, 0.29) is 10.6 Å². The summed E-state index contributed by atoms with van der Waals surface area (Å²) in [4.78, 5) is 17.5. The summed E-state index contributed by atoms with van der Waals surface area (Å²) < 4.78 is 0. The Morgan fingerprint density at radius 1 is 1.58 bits per heavy atom. The number of nitrogens with zero attached hydrogens (tertiary/aromatic N) is 2. The van der Waals surface area contributed by atoms with Gasteiger partial charge in [-0.3, -0.25) is 4.90 Å². The third-order valence-electron chi connectivity index (χ3n) is 3.43. The van der Waals surface area contributed by atoms with E-state index < -0.39 is 5.97 Å². The Labute approximate surface area is 117 Å². The van der Waals surface area contributed by atoms with E-state index in [0.29, 0.717) is 11.9 Å². The van der Waals surface area contributed by atoms with Gasteiger partial charge in [-0.15, -0.1) is 0 Å². The van der Waals surface area contributed by atoms with Crippen LogP contribution >= 0.6 is 11.6 Å². The summed E-state index contributed by atoms with van der Waals surface area (Å²) in [6, 6.07) is 1.88. The second kappa shape index (κ2) is 6.21. The zero-order valence-corrected chi connectivity index (χ0v) is 11.7. The van der Waals surface area contributed by atoms with Crippen molar-refractivity contribution >= 4 is 23.4 Å². The molecule has 2 N–H and O–H groups in total. The standard InChI is InChI=1S/C13H18ClN3O2/c1-9(17-4-2-3-5-17)7-15-12-6-10(13(18)19)11(14)8-16-12/h6,8-9H,2-5,7H2,1H3,(H,15,16)(H,18,19). The van der Waals surface area contributed by atoms with Crippen LogP contribution in [0, 0.1) is 0 Å². The van der Waals surface area contributed by atoms with Crippen LogP contribution < -0.4 is 5.32 Å². The minimum Gasteiger partial charge on any atom is -0.478 e. The van der Waals surface area contributed by atoms with E-state index in [9.17, 15) is 4.79 Å². The molecule has 1 fully saturated rings. The number of aromatic carboxylic acids is 1. The maximum Gasteiger partial charge on any atom is 0.337 e. The van der Waals surface area contributed by atoms with Gasteiger partial charge < -0.3 is 10.4 Å². The molecule has 1 aromatic heterocycles. The van der Waals surface area contributed by atoms with Gasteiger partial charge in [-0.05, 0) is 38.9 Å². The SMILES string of the molecule is CC(CNc1cc(C(=O)O)c(Cl)cn1)N1CCCC1. The lowest BCUT2D eigenvalue weighted by Crippen LogP contribution is -2.35. The van der Waals surface area contributed by atoms with E-state index in [1.54, 1.807) is 0 Å². The number of carboxylic acid groups (broad SMARTS) is 1. The normalized spacial score (nSPS) is 17.4. The first-order chi connectivity index (χ1) is 9.08. The molecule has 1 aliphatic rings. The predicted molar refractivity (Wildman–Crippen MR) is 75.0 cm³/mol. The molecule has 5 nitrogen and oxygen atoms in total. The molecule has 1 aliphatic heterocycles. The molecule has 0 amide bonds. The Morgan fingerprint density at radius 3 is 2.89 bits per heavy atom. The van der Waals surface area contributed by atoms with Gasteiger partial charge in [-0.25, -0.2) is 9.78 Å². The molecule has 2 heterocycles. The summed E-state index contributed by atoms with van der Waals surface area (Å²) in [6.07, 6.45) is 3.88. The second-order valence-electron chi connectivity index (χ2n) is 4.83. The Kier molecular flexibility index (Phi) is 4.61. The molecule has 1 aromatic rings. The van der Waals surface area contributed by atoms with Crippen molar-refractivity contribution in [1.29, 1.82) is 0 Å². The Balaban J connectivity index is 1.95. The number of carbonyl (C=O) groups is 1. The molecular weight excluding hydrogens is 266 g/mol. The average Bonchev–Trinajstić information content (AvgIpc) is 2.91. The van der Waals surface area contributed by atoms with Crippen LogP contribution in [-0.4, -0.2) is 46.6 Å². The first-order valence-corrected chi connectivity index (χ1v) is 6.82. The summed E-state index contributed by atoms with van der Waals surface area (Å²) in [5.74, 6) is -0.490. The van der Waals surface area contributed by atoms with Crippen molar-refractivity contribution in [2.45, 2.75) is 25.8 Å². The van der Waals surface area contributed by atoms with Crippen LogP contribution in [-0.2, 0) is 0 Å². The van der Waals surface area contributed by atoms with Crippen molar-refractivity contribution in [1.82, 2.24) is 9.88 Å². The zero-order chi connectivity index (χ0) is 13.8. The summed E-state index contributed by atoms with van der Waals surface area (Å²) >= 11 is 5.78. The maximum atomic E-state index is 11.0. The third-order valence-corrected chi connectivity index (χ3v) is 3.73. The molecule has 104 valence electrons. The van der Waals surface area contributed by atoms with Crippen molar-refractivity contribution in [2.75, 3.05) is 25.0 Å². The molecule has 0 spiro atoms. The van der Waals surface area contributed by atoms with Crippen LogP contribution in [0.1, 0.15) is 30.1 Å². The van der Waals surface area contributed by atoms with Crippen LogP contribution in [0.2, 0.25) is 5.02 Å². The first-order valence-electron chi connectivity index (χ1n) is 6.44. The van der Waals surface area contributed by atoms with Crippen molar-refractivity contribution in [3.63, 3.8) is 0 Å². The van der Waals surface area contributed by atoms with E-state index >= 15 is 0 Å². The van der Waals surface area contributed by atoms with Gasteiger partial charge in [-0.1, -0.05) is 11.6 Å². The maximum absolute atomic E-state index is 11.0. The fraction of sp³-hybridized carbons (Fsp3) is 0.538. The monoisotopic (exact) mass is 283 g/mol. The molecule has 0 bridgehead atoms. The number of likely N-dealkylation sites (tertiary alicyclic amines) is 1. The number of anilines is 1. The number of rotatable bonds is 5. The number of carboxylic acids is 1. The van der Waals surface area contributed by atoms with Gasteiger partial charge in [-0.2, -0.15) is 0 Å². The highest BCUT2D eigenvalue weighted by Crippen LogP contribution is 2.18. The molecule has 0 aliphatic carbocycles. The van der Waals surface area contributed by atoms with Crippen molar-refractivity contribution in [3.8, 4) is 0 Å². The van der Waals surface area contributed by atoms with E-state index in [1.165, 1.54) is 25.1 Å². The Morgan fingerprint density at radius 2 is 2.26 bits per heavy atom. The summed E-state index contributed by atoms with van der Waals surface area (Å²) in [5.41, 5.74) is 0.0768. The first kappa shape index (κ1) is 14.1. The molecule has 6 heteroatoms. The molecule has 0 aromatic carbocycles. The lowest BCUT2D eigenvalue weighted by molar-refractivity contribution is 0.0697. The smallest absolute Gasteiger partial charge is 0.337 e. The van der Waals surface area contributed by atoms with Crippen molar-refractivity contribution < 1.29 is 9.90 Å². The lowest BCUT2D eigenvalue weighted by atomic mass is 10.2. The highest BCUT2D eigenvalue weighted by molar-refractivity contribution is 6.33. The molecule has 0 saturated carbocycles. The molecule has 0 radical (unpaired) electrons. The quantitative estimate of drug-likeness (QED) is 0.868. The molecule has 1 atom stereocenters. The number of hydrogen-bond acceptors (Lipinski definition) is 4. The fourth-order valence-electron chi connectivity index (χ4n) is 2.26. The van der Waals surface area contributed by atoms with E-state index in [1.807, 2.05) is 0 Å². The largest absolute Gasteiger partial charge is 0.478 e. The van der Waals surface area contributed by atoms with E-state index in [4.69, 9.17) is 16.7 Å². The van der Waals surface area contributed by atoms with Crippen LogP contribution in [0.3, 0.4) is 0 Å². The molecule has 1 saturated heterocycles. The van der Waals surface area contributed by atoms with E-state index in [2.05, 4.69) is 22.1 Å². The zero-order valence-electron chi connectivity index (χ0n) is 10.9. The summed E-state index contributed by atoms with van der Waals surface area (Å²) in [5, 5.41) is 12.3. The van der Waals surface area contributed by atoms with Gasteiger partial charge in [0.2, 0.25) is 0 Å². The third kappa shape index (κ3) is 3.58. The second-order valence-corrected chi connectivity index (χ2v) is 5.23. The van der Waals surface area contributed by atoms with Gasteiger partial charge in [0.15, 0.2) is 0 Å². The summed E-state index contributed by atoms with van der Waals surface area (Å²) in [7, 11) is 0. The molecular formula is C13H18ClN3O2. The Bertz CT molecular complexity index is 461. The number of pyridine rings is 1. The van der Waals surface area contributed by atoms with Gasteiger partial charge in [0, 0.05) is 18.8 Å². The van der Waals surface area contributed by atoms with Crippen molar-refractivity contribution in [2.24, 2.45) is 0 Å². The average molecular weight is 284 g/mol. The van der Waals surface area contributed by atoms with E-state index in [0.717, 1.165) is 19.6 Å². The van der Waals surface area contributed by atoms with Crippen LogP contribution in [0.25, 0.3) is 0 Å². The molecule has 1 unspecified atom stereocenters. The summed E-state index contributed by atoms with van der Waals surface area (Å²) in [6.45, 7) is 5.18. The fourth-order valence-corrected chi connectivity index (χ4v) is 2.45. The minimum absolute atomic E-state index is 0.0768. The van der Waals surface area contributed by atoms with Crippen molar-refractivity contribution in [3.05, 3.63) is 22.8 Å². The van der Waals surface area contributed by atoms with Crippen LogP contribution in [0.4, 0.5) is 5.82 Å². The number of halogens is 1. The highest BCUT2D eigenvalue weighted by atomic mass is 35.5. The highest BCUT2D eigenvalue weighted by Gasteiger charge is 2.18. The number of aromatic nitrogens is 1. The predicted octanol–water partition coefficient (Wildman–Crippen LogP) is 2.33. The molecule has 2 rings (SSSR count). The Hall–Kier alpha value is -1.33. The van der Waals surface area contributed by atoms with Crippen LogP contribution in [0.5, 0.6) is 0 Å². The number of hydrogen-bond donors (Lipinski definition) is 2. The molecule has 19 heavy (non-hydrogen) atoms. The van der Waals surface area contributed by atoms with Gasteiger partial charge in [0.1, 0.15) is 5.82 Å². The lowest BCUT2D eigenvalue weighted by Gasteiger charge is -2.24. The number of nitrogens with one attached hydrogen (secondary N) is 1. The van der Waals surface area contributed by atoms with Gasteiger partial charge in [0.05, 0.1) is 10.6 Å². The topological polar surface area (TPSA) is 65.5 Å².